The number of aliphatic carboxylic acids is 1. The molecule has 0 spiro atoms. The van der Waals surface area contributed by atoms with E-state index in [1.807, 2.05) is 0 Å². The van der Waals surface area contributed by atoms with Gasteiger partial charge < -0.3 is 15.7 Å². The van der Waals surface area contributed by atoms with Crippen LogP contribution in [0.4, 0.5) is 0 Å². The maximum Gasteiger partial charge on any atom is 0.303 e. The predicted molar refractivity (Wildman–Crippen MR) is 155 cm³/mol. The first-order valence-electron chi connectivity index (χ1n) is 15.9. The van der Waals surface area contributed by atoms with E-state index in [0.29, 0.717) is 16.7 Å². The third-order valence-corrected chi connectivity index (χ3v) is 11.8. The largest absolute Gasteiger partial charge is 0.481 e. The van der Waals surface area contributed by atoms with Crippen molar-refractivity contribution in [1.29, 1.82) is 0 Å². The van der Waals surface area contributed by atoms with Crippen LogP contribution in [0, 0.1) is 39.9 Å². The molecular weight excluding hydrogens is 488 g/mol. The summed E-state index contributed by atoms with van der Waals surface area (Å²) in [6.07, 6.45) is 17.5. The predicted octanol–water partition coefficient (Wildman–Crippen LogP) is 6.64. The normalized spacial score (nSPS) is 37.3. The summed E-state index contributed by atoms with van der Waals surface area (Å²) < 4.78 is 0. The van der Waals surface area contributed by atoms with Gasteiger partial charge in [-0.05, 0) is 97.7 Å². The molecular formula is C33H54N2O4. The number of carbonyl (C=O) groups excluding carboxylic acids is 2. The fourth-order valence-electron chi connectivity index (χ4n) is 9.73. The van der Waals surface area contributed by atoms with Crippen LogP contribution in [0.1, 0.15) is 125 Å². The topological polar surface area (TPSA) is 95.5 Å². The maximum atomic E-state index is 12.5. The number of hydrogen-bond acceptors (Lipinski definition) is 3. The molecule has 4 rings (SSSR count). The number of amides is 2. The molecule has 7 unspecified atom stereocenters. The van der Waals surface area contributed by atoms with Gasteiger partial charge in [0.15, 0.2) is 0 Å². The molecule has 4 aliphatic carbocycles. The standard InChI is InChI=1S/C33H54N2O4/c1-22(2)8-6-7-9-23-10-11-26-31(23,3)19-16-27-32(4)18-15-25(20-24(32)14-17-33(26,27)5)35-29(37)21-34-28(36)12-13-30(38)39/h14,22-23,25-27H,6-13,15-21H2,1-5H3,(H,34,36)(H,35,37)(H,38,39). The SMILES string of the molecule is CC(C)CCCCC1CCC2C1(C)CCC1C3(C)CCC(NC(=O)CNC(=O)CCC(=O)O)CC3=CCC12C. The number of hydrogen-bond donors (Lipinski definition) is 3. The van der Waals surface area contributed by atoms with Gasteiger partial charge in [0.05, 0.1) is 13.0 Å². The molecule has 0 aliphatic heterocycles. The number of allylic oxidation sites excluding steroid dienone is 1. The Kier molecular flexibility index (Phi) is 9.22. The quantitative estimate of drug-likeness (QED) is 0.201. The molecule has 4 aliphatic rings. The minimum absolute atomic E-state index is 0.0924. The lowest BCUT2D eigenvalue weighted by molar-refractivity contribution is -0.138. The zero-order valence-electron chi connectivity index (χ0n) is 25.2. The Labute approximate surface area is 236 Å². The second-order valence-corrected chi connectivity index (χ2v) is 14.6. The maximum absolute atomic E-state index is 12.5. The van der Waals surface area contributed by atoms with E-state index in [-0.39, 0.29) is 36.8 Å². The van der Waals surface area contributed by atoms with Crippen molar-refractivity contribution in [3.63, 3.8) is 0 Å². The van der Waals surface area contributed by atoms with E-state index >= 15 is 0 Å². The lowest BCUT2D eigenvalue weighted by Crippen LogP contribution is -2.56. The third kappa shape index (κ3) is 6.25. The van der Waals surface area contributed by atoms with Crippen LogP contribution >= 0.6 is 0 Å². The van der Waals surface area contributed by atoms with Crippen molar-refractivity contribution >= 4 is 17.8 Å². The first-order chi connectivity index (χ1) is 18.4. The van der Waals surface area contributed by atoms with Gasteiger partial charge in [-0.15, -0.1) is 0 Å². The average molecular weight is 543 g/mol. The van der Waals surface area contributed by atoms with Gasteiger partial charge in [0, 0.05) is 12.5 Å². The molecule has 6 heteroatoms. The van der Waals surface area contributed by atoms with E-state index in [1.54, 1.807) is 5.57 Å². The molecule has 3 N–H and O–H groups in total. The van der Waals surface area contributed by atoms with Crippen LogP contribution in [0.25, 0.3) is 0 Å². The summed E-state index contributed by atoms with van der Waals surface area (Å²) in [5.74, 6) is 1.64. The fraction of sp³-hybridized carbons (Fsp3) is 0.848. The van der Waals surface area contributed by atoms with E-state index in [2.05, 4.69) is 51.3 Å². The molecule has 7 atom stereocenters. The third-order valence-electron chi connectivity index (χ3n) is 11.8. The van der Waals surface area contributed by atoms with Crippen LogP contribution in [0.5, 0.6) is 0 Å². The molecule has 6 nitrogen and oxygen atoms in total. The summed E-state index contributed by atoms with van der Waals surface area (Å²) in [6, 6.07) is 0.104. The monoisotopic (exact) mass is 542 g/mol. The second-order valence-electron chi connectivity index (χ2n) is 14.6. The molecule has 39 heavy (non-hydrogen) atoms. The summed E-state index contributed by atoms with van der Waals surface area (Å²) >= 11 is 0. The van der Waals surface area contributed by atoms with Crippen LogP contribution in [0.2, 0.25) is 0 Å². The van der Waals surface area contributed by atoms with Gasteiger partial charge in [0.1, 0.15) is 0 Å². The Bertz CT molecular complexity index is 959. The van der Waals surface area contributed by atoms with Gasteiger partial charge in [-0.25, -0.2) is 0 Å². The summed E-state index contributed by atoms with van der Waals surface area (Å²) in [7, 11) is 0. The van der Waals surface area contributed by atoms with Crippen molar-refractivity contribution < 1.29 is 19.5 Å². The number of nitrogens with one attached hydrogen (secondary N) is 2. The number of unbranched alkanes of at least 4 members (excludes halogenated alkanes) is 1. The van der Waals surface area contributed by atoms with Gasteiger partial charge >= 0.3 is 5.97 Å². The minimum Gasteiger partial charge on any atom is -0.481 e. The summed E-state index contributed by atoms with van der Waals surface area (Å²) in [5, 5.41) is 14.4. The Hall–Kier alpha value is -1.85. The van der Waals surface area contributed by atoms with E-state index in [0.717, 1.165) is 37.0 Å². The lowest BCUT2D eigenvalue weighted by Gasteiger charge is -2.63. The lowest BCUT2D eigenvalue weighted by atomic mass is 9.41. The van der Waals surface area contributed by atoms with E-state index in [4.69, 9.17) is 5.11 Å². The summed E-state index contributed by atoms with van der Waals surface area (Å²) in [6.45, 7) is 12.4. The first kappa shape index (κ1) is 30.1. The van der Waals surface area contributed by atoms with E-state index in [1.165, 1.54) is 57.8 Å². The van der Waals surface area contributed by atoms with Gasteiger partial charge in [-0.1, -0.05) is 65.5 Å². The van der Waals surface area contributed by atoms with Crippen LogP contribution < -0.4 is 10.6 Å². The average Bonchev–Trinajstić information content (AvgIpc) is 3.21. The second kappa shape index (κ2) is 11.9. The van der Waals surface area contributed by atoms with Crippen molar-refractivity contribution in [2.75, 3.05) is 6.54 Å². The Morgan fingerprint density at radius 3 is 2.44 bits per heavy atom. The highest BCUT2D eigenvalue weighted by molar-refractivity contribution is 5.86. The molecule has 0 saturated heterocycles. The van der Waals surface area contributed by atoms with E-state index in [9.17, 15) is 14.4 Å². The van der Waals surface area contributed by atoms with Crippen molar-refractivity contribution in [2.24, 2.45) is 39.9 Å². The summed E-state index contributed by atoms with van der Waals surface area (Å²) in [4.78, 5) is 35.0. The Balaban J connectivity index is 1.35. The molecule has 220 valence electrons. The van der Waals surface area contributed by atoms with Gasteiger partial charge in [-0.2, -0.15) is 0 Å². The molecule has 0 aromatic heterocycles. The molecule has 0 aromatic rings. The van der Waals surface area contributed by atoms with Gasteiger partial charge in [0.2, 0.25) is 11.8 Å². The van der Waals surface area contributed by atoms with Crippen molar-refractivity contribution in [3.8, 4) is 0 Å². The molecule has 0 aromatic carbocycles. The van der Waals surface area contributed by atoms with Crippen molar-refractivity contribution in [2.45, 2.75) is 131 Å². The molecule has 0 bridgehead atoms. The Morgan fingerprint density at radius 2 is 1.72 bits per heavy atom. The summed E-state index contributed by atoms with van der Waals surface area (Å²) in [5.41, 5.74) is 2.62. The van der Waals surface area contributed by atoms with Crippen LogP contribution in [0.3, 0.4) is 0 Å². The number of carboxylic acid groups (broad SMARTS) is 1. The first-order valence-corrected chi connectivity index (χ1v) is 15.9. The van der Waals surface area contributed by atoms with Crippen molar-refractivity contribution in [3.05, 3.63) is 11.6 Å². The molecule has 0 heterocycles. The molecule has 3 saturated carbocycles. The minimum atomic E-state index is -1.01. The Morgan fingerprint density at radius 1 is 0.949 bits per heavy atom. The van der Waals surface area contributed by atoms with Gasteiger partial charge in [-0.3, -0.25) is 14.4 Å². The zero-order chi connectivity index (χ0) is 28.4. The van der Waals surface area contributed by atoms with Gasteiger partial charge in [0.25, 0.3) is 0 Å². The number of rotatable bonds is 11. The molecule has 2 amide bonds. The zero-order valence-corrected chi connectivity index (χ0v) is 25.2. The van der Waals surface area contributed by atoms with Crippen LogP contribution in [0.15, 0.2) is 11.6 Å². The highest BCUT2D eigenvalue weighted by atomic mass is 16.4. The highest BCUT2D eigenvalue weighted by Gasteiger charge is 2.63. The molecule has 3 fully saturated rings. The number of fused-ring (bicyclic) bond motifs is 5. The van der Waals surface area contributed by atoms with Crippen molar-refractivity contribution in [1.82, 2.24) is 10.6 Å². The van der Waals surface area contributed by atoms with Crippen LogP contribution in [-0.2, 0) is 14.4 Å². The van der Waals surface area contributed by atoms with Crippen LogP contribution in [-0.4, -0.2) is 35.5 Å². The number of carboxylic acids is 1. The smallest absolute Gasteiger partial charge is 0.303 e. The highest BCUT2D eigenvalue weighted by Crippen LogP contribution is 2.71. The molecule has 0 radical (unpaired) electrons. The fourth-order valence-corrected chi connectivity index (χ4v) is 9.73. The number of carbonyl (C=O) groups is 3. The van der Waals surface area contributed by atoms with E-state index < -0.39 is 11.9 Å².